The molecule has 1 aromatic carbocycles. The normalized spacial score (nSPS) is 14.4. The lowest BCUT2D eigenvalue weighted by Gasteiger charge is -2.18. The van der Waals surface area contributed by atoms with Gasteiger partial charge in [-0.05, 0) is 31.5 Å². The van der Waals surface area contributed by atoms with E-state index in [4.69, 9.17) is 10.8 Å². The third kappa shape index (κ3) is 4.00. The molecule has 9 heteroatoms. The van der Waals surface area contributed by atoms with E-state index >= 15 is 0 Å². The predicted molar refractivity (Wildman–Crippen MR) is 73.1 cm³/mol. The molecule has 0 fully saturated rings. The molecule has 0 radical (unpaired) electrons. The lowest BCUT2D eigenvalue weighted by Crippen LogP contribution is -2.46. The number of benzene rings is 1. The smallest absolute Gasteiger partial charge is 0.336 e. The van der Waals surface area contributed by atoms with Crippen LogP contribution in [0.3, 0.4) is 0 Å². The molecule has 8 nitrogen and oxygen atoms in total. The molecule has 0 saturated heterocycles. The summed E-state index contributed by atoms with van der Waals surface area (Å²) < 4.78 is 26.0. The number of aliphatic carboxylic acids is 1. The second-order valence-electron chi connectivity index (χ2n) is 4.74. The molecule has 0 aromatic heterocycles. The number of carbonyl (C=O) groups excluding carboxylic acids is 1. The second kappa shape index (κ2) is 5.80. The van der Waals surface area contributed by atoms with Crippen molar-refractivity contribution in [3.63, 3.8) is 0 Å². The molecular weight excluding hydrogens is 300 g/mol. The first-order chi connectivity index (χ1) is 9.47. The van der Waals surface area contributed by atoms with Crippen molar-refractivity contribution in [2.24, 2.45) is 5.73 Å². The number of hydrogen-bond donors (Lipinski definition) is 4. The van der Waals surface area contributed by atoms with Crippen molar-refractivity contribution in [1.82, 2.24) is 4.72 Å². The topological polar surface area (TPSA) is 147 Å². The van der Waals surface area contributed by atoms with Crippen LogP contribution >= 0.6 is 0 Å². The predicted octanol–water partition coefficient (Wildman–Crippen LogP) is -0.792. The van der Waals surface area contributed by atoms with Gasteiger partial charge in [0.25, 0.3) is 0 Å². The molecule has 0 bridgehead atoms. The van der Waals surface area contributed by atoms with Crippen molar-refractivity contribution >= 4 is 21.9 Å². The Bertz CT molecular complexity index is 681. The number of carbonyl (C=O) groups is 2. The molecule has 1 unspecified atom stereocenters. The van der Waals surface area contributed by atoms with Gasteiger partial charge in [-0.2, -0.15) is 0 Å². The average Bonchev–Trinajstić information content (AvgIpc) is 2.36. The van der Waals surface area contributed by atoms with Crippen LogP contribution in [0.5, 0.6) is 0 Å². The van der Waals surface area contributed by atoms with E-state index in [0.29, 0.717) is 5.56 Å². The van der Waals surface area contributed by atoms with Crippen LogP contribution in [0.15, 0.2) is 23.1 Å². The molecule has 0 spiro atoms. The standard InChI is InChI=1S/C12H16N2O6S/c1-7-3-4-8(5-9(7)10(13)15)21(19,20)14-6-12(2,18)11(16)17/h3-5,14,18H,6H2,1-2H3,(H2,13,15)(H,16,17). The van der Waals surface area contributed by atoms with Crippen LogP contribution < -0.4 is 10.5 Å². The third-order valence-electron chi connectivity index (χ3n) is 2.85. The van der Waals surface area contributed by atoms with E-state index < -0.39 is 34.0 Å². The van der Waals surface area contributed by atoms with Crippen molar-refractivity contribution in [2.75, 3.05) is 6.54 Å². The Morgan fingerprint density at radius 3 is 2.43 bits per heavy atom. The van der Waals surface area contributed by atoms with Gasteiger partial charge < -0.3 is 15.9 Å². The van der Waals surface area contributed by atoms with Crippen molar-refractivity contribution < 1.29 is 28.2 Å². The molecule has 0 aliphatic rings. The molecule has 0 aliphatic heterocycles. The van der Waals surface area contributed by atoms with Gasteiger partial charge in [0, 0.05) is 5.56 Å². The van der Waals surface area contributed by atoms with E-state index in [2.05, 4.69) is 0 Å². The number of nitrogens with two attached hydrogens (primary N) is 1. The van der Waals surface area contributed by atoms with Gasteiger partial charge in [-0.15, -0.1) is 0 Å². The maximum absolute atomic E-state index is 12.0. The highest BCUT2D eigenvalue weighted by Gasteiger charge is 2.32. The molecule has 21 heavy (non-hydrogen) atoms. The van der Waals surface area contributed by atoms with Crippen LogP contribution in [0.1, 0.15) is 22.8 Å². The van der Waals surface area contributed by atoms with E-state index in [1.165, 1.54) is 12.1 Å². The van der Waals surface area contributed by atoms with Crippen LogP contribution in [0.4, 0.5) is 0 Å². The third-order valence-corrected chi connectivity index (χ3v) is 4.25. The molecule has 5 N–H and O–H groups in total. The van der Waals surface area contributed by atoms with Gasteiger partial charge in [0.2, 0.25) is 15.9 Å². The summed E-state index contributed by atoms with van der Waals surface area (Å²) in [4.78, 5) is 21.7. The summed E-state index contributed by atoms with van der Waals surface area (Å²) >= 11 is 0. The fourth-order valence-corrected chi connectivity index (χ4v) is 2.59. The van der Waals surface area contributed by atoms with Crippen LogP contribution in [0.2, 0.25) is 0 Å². The number of carboxylic acid groups (broad SMARTS) is 1. The number of sulfonamides is 1. The van der Waals surface area contributed by atoms with Crippen LogP contribution in [-0.4, -0.2) is 42.7 Å². The van der Waals surface area contributed by atoms with Crippen molar-refractivity contribution in [3.8, 4) is 0 Å². The molecule has 1 rings (SSSR count). The quantitative estimate of drug-likeness (QED) is 0.540. The van der Waals surface area contributed by atoms with Crippen molar-refractivity contribution in [2.45, 2.75) is 24.3 Å². The fraction of sp³-hybridized carbons (Fsp3) is 0.333. The Morgan fingerprint density at radius 1 is 1.38 bits per heavy atom. The van der Waals surface area contributed by atoms with Gasteiger partial charge in [0.05, 0.1) is 11.4 Å². The van der Waals surface area contributed by atoms with Crippen molar-refractivity contribution in [3.05, 3.63) is 29.3 Å². The summed E-state index contributed by atoms with van der Waals surface area (Å²) in [6.07, 6.45) is 0. The van der Waals surface area contributed by atoms with Gasteiger partial charge in [0.1, 0.15) is 0 Å². The van der Waals surface area contributed by atoms with Gasteiger partial charge in [-0.1, -0.05) is 6.07 Å². The highest BCUT2D eigenvalue weighted by Crippen LogP contribution is 2.15. The SMILES string of the molecule is Cc1ccc(S(=O)(=O)NCC(C)(O)C(=O)O)cc1C(N)=O. The number of aliphatic hydroxyl groups is 1. The number of carboxylic acids is 1. The minimum atomic E-state index is -4.08. The highest BCUT2D eigenvalue weighted by molar-refractivity contribution is 7.89. The lowest BCUT2D eigenvalue weighted by atomic mass is 10.1. The van der Waals surface area contributed by atoms with Gasteiger partial charge >= 0.3 is 5.97 Å². The largest absolute Gasteiger partial charge is 0.479 e. The van der Waals surface area contributed by atoms with Gasteiger partial charge in [-0.3, -0.25) is 4.79 Å². The summed E-state index contributed by atoms with van der Waals surface area (Å²) in [5.74, 6) is -2.34. The highest BCUT2D eigenvalue weighted by atomic mass is 32.2. The van der Waals surface area contributed by atoms with Gasteiger partial charge in [0.15, 0.2) is 5.60 Å². The first-order valence-corrected chi connectivity index (χ1v) is 7.31. The zero-order chi connectivity index (χ0) is 16.4. The van der Waals surface area contributed by atoms with E-state index in [9.17, 15) is 23.1 Å². The van der Waals surface area contributed by atoms with Gasteiger partial charge in [-0.25, -0.2) is 17.9 Å². The van der Waals surface area contributed by atoms with Crippen LogP contribution in [0, 0.1) is 6.92 Å². The number of aryl methyl sites for hydroxylation is 1. The average molecular weight is 316 g/mol. The molecule has 1 aromatic rings. The Labute approximate surface area is 121 Å². The Kier molecular flexibility index (Phi) is 4.72. The Hall–Kier alpha value is -1.97. The Balaban J connectivity index is 3.07. The summed E-state index contributed by atoms with van der Waals surface area (Å²) in [6.45, 7) is 1.84. The maximum Gasteiger partial charge on any atom is 0.336 e. The summed E-state index contributed by atoms with van der Waals surface area (Å²) in [5, 5.41) is 18.2. The molecule has 116 valence electrons. The molecular formula is C12H16N2O6S. The molecule has 0 aliphatic carbocycles. The second-order valence-corrected chi connectivity index (χ2v) is 6.51. The zero-order valence-corrected chi connectivity index (χ0v) is 12.3. The molecule has 1 amide bonds. The minimum absolute atomic E-state index is 0.0443. The van der Waals surface area contributed by atoms with E-state index in [1.807, 2.05) is 4.72 Å². The maximum atomic E-state index is 12.0. The number of nitrogens with one attached hydrogen (secondary N) is 1. The number of primary amides is 1. The lowest BCUT2D eigenvalue weighted by molar-refractivity contribution is -0.155. The Morgan fingerprint density at radius 2 is 1.95 bits per heavy atom. The molecule has 0 saturated carbocycles. The number of hydrogen-bond acceptors (Lipinski definition) is 5. The minimum Gasteiger partial charge on any atom is -0.479 e. The van der Waals surface area contributed by atoms with E-state index in [-0.39, 0.29) is 10.5 Å². The first kappa shape index (κ1) is 17.1. The monoisotopic (exact) mass is 316 g/mol. The number of rotatable bonds is 6. The van der Waals surface area contributed by atoms with E-state index in [1.54, 1.807) is 6.92 Å². The van der Waals surface area contributed by atoms with Crippen molar-refractivity contribution in [1.29, 1.82) is 0 Å². The molecule has 1 atom stereocenters. The van der Waals surface area contributed by atoms with E-state index in [0.717, 1.165) is 13.0 Å². The summed E-state index contributed by atoms with van der Waals surface area (Å²) in [6, 6.07) is 3.75. The summed E-state index contributed by atoms with van der Waals surface area (Å²) in [5.41, 5.74) is 3.45. The summed E-state index contributed by atoms with van der Waals surface area (Å²) in [7, 11) is -4.08. The number of amides is 1. The first-order valence-electron chi connectivity index (χ1n) is 5.83. The zero-order valence-electron chi connectivity index (χ0n) is 11.5. The van der Waals surface area contributed by atoms with Crippen LogP contribution in [-0.2, 0) is 14.8 Å². The fourth-order valence-electron chi connectivity index (χ4n) is 1.43. The van der Waals surface area contributed by atoms with Crippen LogP contribution in [0.25, 0.3) is 0 Å². The molecule has 0 heterocycles.